The lowest BCUT2D eigenvalue weighted by Crippen LogP contribution is -2.14. The number of hydrogen-bond donors (Lipinski definition) is 1. The molecule has 2 aromatic rings. The standard InChI is InChI=1S/C20H23NO7S/c1-4-25-13-9-7-12(8-10-13)18(22)28-11-14-15(19(23)26-5-2)17(21)29-16(14)20(24)27-6-3/h7-10H,4-6,11,21H2,1-3H3. The number of thiophene rings is 1. The van der Waals surface area contributed by atoms with Gasteiger partial charge in [-0.3, -0.25) is 0 Å². The van der Waals surface area contributed by atoms with Crippen molar-refractivity contribution in [2.24, 2.45) is 0 Å². The van der Waals surface area contributed by atoms with E-state index in [1.165, 1.54) is 0 Å². The Labute approximate surface area is 172 Å². The van der Waals surface area contributed by atoms with Gasteiger partial charge >= 0.3 is 17.9 Å². The van der Waals surface area contributed by atoms with Gasteiger partial charge < -0.3 is 24.7 Å². The Bertz CT molecular complexity index is 874. The zero-order valence-corrected chi connectivity index (χ0v) is 17.3. The predicted molar refractivity (Wildman–Crippen MR) is 107 cm³/mol. The van der Waals surface area contributed by atoms with Crippen LogP contribution in [0.4, 0.5) is 5.00 Å². The molecule has 8 nitrogen and oxygen atoms in total. The van der Waals surface area contributed by atoms with Crippen molar-refractivity contribution in [1.29, 1.82) is 0 Å². The molecule has 29 heavy (non-hydrogen) atoms. The average molecular weight is 421 g/mol. The van der Waals surface area contributed by atoms with Crippen LogP contribution in [0.2, 0.25) is 0 Å². The first-order valence-electron chi connectivity index (χ1n) is 9.08. The number of ether oxygens (including phenoxy) is 4. The summed E-state index contributed by atoms with van der Waals surface area (Å²) in [6.07, 6.45) is 0. The molecule has 0 radical (unpaired) electrons. The summed E-state index contributed by atoms with van der Waals surface area (Å²) in [4.78, 5) is 37.0. The molecule has 9 heteroatoms. The summed E-state index contributed by atoms with van der Waals surface area (Å²) in [5, 5.41) is 0.0959. The molecule has 0 amide bonds. The monoisotopic (exact) mass is 421 g/mol. The van der Waals surface area contributed by atoms with Gasteiger partial charge in [0.15, 0.2) is 0 Å². The fourth-order valence-electron chi connectivity index (χ4n) is 2.49. The molecule has 0 saturated carbocycles. The first-order chi connectivity index (χ1) is 13.9. The van der Waals surface area contributed by atoms with Gasteiger partial charge in [-0.15, -0.1) is 11.3 Å². The number of anilines is 1. The third-order valence-electron chi connectivity index (χ3n) is 3.72. The Morgan fingerprint density at radius 3 is 2.07 bits per heavy atom. The quantitative estimate of drug-likeness (QED) is 0.484. The minimum atomic E-state index is -0.691. The lowest BCUT2D eigenvalue weighted by atomic mass is 10.1. The van der Waals surface area contributed by atoms with Gasteiger partial charge in [0.25, 0.3) is 0 Å². The lowest BCUT2D eigenvalue weighted by Gasteiger charge is -2.09. The molecule has 0 bridgehead atoms. The maximum absolute atomic E-state index is 12.4. The molecule has 1 aromatic carbocycles. The van der Waals surface area contributed by atoms with Crippen LogP contribution < -0.4 is 10.5 Å². The van der Waals surface area contributed by atoms with Gasteiger partial charge in [0, 0.05) is 5.56 Å². The SMILES string of the molecule is CCOC(=O)c1sc(N)c(C(=O)OCC)c1COC(=O)c1ccc(OCC)cc1. The van der Waals surface area contributed by atoms with Crippen LogP contribution in [0.3, 0.4) is 0 Å². The second-order valence-corrected chi connectivity index (χ2v) is 6.68. The fourth-order valence-corrected chi connectivity index (χ4v) is 3.44. The van der Waals surface area contributed by atoms with Crippen LogP contribution in [-0.2, 0) is 20.8 Å². The smallest absolute Gasteiger partial charge is 0.348 e. The minimum Gasteiger partial charge on any atom is -0.494 e. The zero-order valence-electron chi connectivity index (χ0n) is 16.5. The molecule has 2 N–H and O–H groups in total. The molecule has 0 fully saturated rings. The molecule has 0 aliphatic heterocycles. The average Bonchev–Trinajstić information content (AvgIpc) is 3.03. The van der Waals surface area contributed by atoms with Crippen molar-refractivity contribution >= 4 is 34.2 Å². The summed E-state index contributed by atoms with van der Waals surface area (Å²) in [5.74, 6) is -1.33. The Balaban J connectivity index is 2.25. The molecule has 0 spiro atoms. The van der Waals surface area contributed by atoms with Crippen molar-refractivity contribution in [3.05, 3.63) is 45.8 Å². The van der Waals surface area contributed by atoms with E-state index in [1.54, 1.807) is 38.1 Å². The van der Waals surface area contributed by atoms with Crippen molar-refractivity contribution in [2.75, 3.05) is 25.6 Å². The number of carbonyl (C=O) groups excluding carboxylic acids is 3. The number of esters is 3. The molecule has 0 aliphatic rings. The van der Waals surface area contributed by atoms with E-state index in [2.05, 4.69) is 0 Å². The van der Waals surface area contributed by atoms with Crippen molar-refractivity contribution in [2.45, 2.75) is 27.4 Å². The maximum atomic E-state index is 12.4. The van der Waals surface area contributed by atoms with Gasteiger partial charge in [-0.25, -0.2) is 14.4 Å². The van der Waals surface area contributed by atoms with E-state index >= 15 is 0 Å². The maximum Gasteiger partial charge on any atom is 0.348 e. The summed E-state index contributed by atoms with van der Waals surface area (Å²) in [7, 11) is 0. The van der Waals surface area contributed by atoms with Gasteiger partial charge in [0.05, 0.1) is 25.4 Å². The third-order valence-corrected chi connectivity index (χ3v) is 4.76. The molecule has 1 aromatic heterocycles. The Morgan fingerprint density at radius 2 is 1.48 bits per heavy atom. The highest BCUT2D eigenvalue weighted by Gasteiger charge is 2.28. The number of nitrogens with two attached hydrogens (primary N) is 1. The van der Waals surface area contributed by atoms with Gasteiger partial charge in [-0.05, 0) is 45.0 Å². The highest BCUT2D eigenvalue weighted by molar-refractivity contribution is 7.18. The molecular weight excluding hydrogens is 398 g/mol. The van der Waals surface area contributed by atoms with E-state index in [-0.39, 0.29) is 40.8 Å². The highest BCUT2D eigenvalue weighted by atomic mass is 32.1. The van der Waals surface area contributed by atoms with Crippen LogP contribution in [-0.4, -0.2) is 37.7 Å². The highest BCUT2D eigenvalue weighted by Crippen LogP contribution is 2.33. The normalized spacial score (nSPS) is 10.3. The van der Waals surface area contributed by atoms with E-state index in [0.29, 0.717) is 17.9 Å². The number of carbonyl (C=O) groups is 3. The van der Waals surface area contributed by atoms with Crippen molar-refractivity contribution in [1.82, 2.24) is 0 Å². The summed E-state index contributed by atoms with van der Waals surface area (Å²) < 4.78 is 20.7. The Hall–Kier alpha value is -3.07. The van der Waals surface area contributed by atoms with Crippen LogP contribution in [0.25, 0.3) is 0 Å². The number of hydrogen-bond acceptors (Lipinski definition) is 9. The molecule has 1 heterocycles. The predicted octanol–water partition coefficient (Wildman–Crippen LogP) is 3.44. The topological polar surface area (TPSA) is 114 Å². The molecule has 0 unspecified atom stereocenters. The second kappa shape index (κ2) is 10.5. The van der Waals surface area contributed by atoms with E-state index in [4.69, 9.17) is 24.7 Å². The van der Waals surface area contributed by atoms with Crippen LogP contribution in [0, 0.1) is 0 Å². The molecule has 0 atom stereocenters. The molecule has 0 aliphatic carbocycles. The number of nitrogen functional groups attached to an aromatic ring is 1. The zero-order chi connectivity index (χ0) is 21.4. The molecule has 156 valence electrons. The first kappa shape index (κ1) is 22.2. The van der Waals surface area contributed by atoms with E-state index in [9.17, 15) is 14.4 Å². The molecule has 2 rings (SSSR count). The molecule has 0 saturated heterocycles. The second-order valence-electron chi connectivity index (χ2n) is 5.62. The fraction of sp³-hybridized carbons (Fsp3) is 0.350. The Kier molecular flexibility index (Phi) is 8.02. The summed E-state index contributed by atoms with van der Waals surface area (Å²) >= 11 is 0.893. The number of rotatable bonds is 9. The third kappa shape index (κ3) is 5.47. The lowest BCUT2D eigenvalue weighted by molar-refractivity contribution is 0.0437. The van der Waals surface area contributed by atoms with Crippen LogP contribution in [0.5, 0.6) is 5.75 Å². The minimum absolute atomic E-state index is 0.0133. The van der Waals surface area contributed by atoms with Crippen LogP contribution in [0.15, 0.2) is 24.3 Å². The van der Waals surface area contributed by atoms with Crippen molar-refractivity contribution in [3.63, 3.8) is 0 Å². The van der Waals surface area contributed by atoms with Crippen molar-refractivity contribution < 1.29 is 33.3 Å². The first-order valence-corrected chi connectivity index (χ1v) is 9.89. The van der Waals surface area contributed by atoms with Gasteiger partial charge in [0.2, 0.25) is 0 Å². The van der Waals surface area contributed by atoms with E-state index < -0.39 is 17.9 Å². The molecular formula is C20H23NO7S. The summed E-state index contributed by atoms with van der Waals surface area (Å²) in [6, 6.07) is 6.43. The van der Waals surface area contributed by atoms with Gasteiger partial charge in [0.1, 0.15) is 27.8 Å². The van der Waals surface area contributed by atoms with Crippen molar-refractivity contribution in [3.8, 4) is 5.75 Å². The number of benzene rings is 1. The van der Waals surface area contributed by atoms with Gasteiger partial charge in [-0.1, -0.05) is 0 Å². The largest absolute Gasteiger partial charge is 0.494 e. The van der Waals surface area contributed by atoms with Crippen LogP contribution >= 0.6 is 11.3 Å². The van der Waals surface area contributed by atoms with Gasteiger partial charge in [-0.2, -0.15) is 0 Å². The summed E-state index contributed by atoms with van der Waals surface area (Å²) in [6.45, 7) is 5.63. The van der Waals surface area contributed by atoms with E-state index in [1.807, 2.05) is 6.92 Å². The Morgan fingerprint density at radius 1 is 0.862 bits per heavy atom. The van der Waals surface area contributed by atoms with Crippen LogP contribution in [0.1, 0.15) is 56.7 Å². The van der Waals surface area contributed by atoms with E-state index in [0.717, 1.165) is 11.3 Å². The summed E-state index contributed by atoms with van der Waals surface area (Å²) in [5.41, 5.74) is 6.41.